The van der Waals surface area contributed by atoms with E-state index in [0.29, 0.717) is 16.6 Å². The van der Waals surface area contributed by atoms with Gasteiger partial charge in [0.15, 0.2) is 0 Å². The maximum Gasteiger partial charge on any atom is 0.387 e. The summed E-state index contributed by atoms with van der Waals surface area (Å²) in [6.45, 7) is -2.71. The van der Waals surface area contributed by atoms with Gasteiger partial charge in [0.2, 0.25) is 0 Å². The van der Waals surface area contributed by atoms with E-state index in [1.54, 1.807) is 30.5 Å². The third-order valence-electron chi connectivity index (χ3n) is 3.13. The van der Waals surface area contributed by atoms with Crippen LogP contribution < -0.4 is 10.1 Å². The van der Waals surface area contributed by atoms with Gasteiger partial charge >= 0.3 is 6.61 Å². The third kappa shape index (κ3) is 3.42. The molecule has 0 atom stereocenters. The van der Waals surface area contributed by atoms with Crippen LogP contribution in [-0.4, -0.2) is 27.3 Å². The zero-order chi connectivity index (χ0) is 16.2. The summed E-state index contributed by atoms with van der Waals surface area (Å²) in [6, 6.07) is 9.60. The summed E-state index contributed by atoms with van der Waals surface area (Å²) < 4.78 is 30.1. The lowest BCUT2D eigenvalue weighted by Gasteiger charge is -2.08. The number of hydrogen-bond acceptors (Lipinski definition) is 4. The molecule has 2 aromatic heterocycles. The highest BCUT2D eigenvalue weighted by molar-refractivity contribution is 6.00. The van der Waals surface area contributed by atoms with Gasteiger partial charge in [-0.2, -0.15) is 23.6 Å². The molecule has 3 aromatic rings. The number of halogens is 2. The summed E-state index contributed by atoms with van der Waals surface area (Å²) >= 11 is 0. The van der Waals surface area contributed by atoms with Crippen molar-refractivity contribution < 1.29 is 18.3 Å². The molecule has 3 rings (SSSR count). The zero-order valence-electron chi connectivity index (χ0n) is 11.8. The number of nitrogens with one attached hydrogen (secondary N) is 1. The van der Waals surface area contributed by atoms with Crippen molar-refractivity contribution in [2.24, 2.45) is 0 Å². The quantitative estimate of drug-likeness (QED) is 0.783. The van der Waals surface area contributed by atoms with Gasteiger partial charge < -0.3 is 10.1 Å². The molecule has 8 heteroatoms. The van der Waals surface area contributed by atoms with Crippen molar-refractivity contribution in [1.29, 1.82) is 0 Å². The third-order valence-corrected chi connectivity index (χ3v) is 3.13. The van der Waals surface area contributed by atoms with E-state index in [9.17, 15) is 13.6 Å². The van der Waals surface area contributed by atoms with Crippen LogP contribution in [0.3, 0.4) is 0 Å². The lowest BCUT2D eigenvalue weighted by molar-refractivity contribution is -0.0498. The summed E-state index contributed by atoms with van der Waals surface area (Å²) in [4.78, 5) is 12.2. The lowest BCUT2D eigenvalue weighted by Crippen LogP contribution is -2.22. The van der Waals surface area contributed by atoms with Crippen molar-refractivity contribution in [1.82, 2.24) is 20.1 Å². The number of carbonyl (C=O) groups is 1. The van der Waals surface area contributed by atoms with E-state index in [-0.39, 0.29) is 18.2 Å². The van der Waals surface area contributed by atoms with E-state index in [1.807, 2.05) is 0 Å². The molecule has 0 aliphatic carbocycles. The van der Waals surface area contributed by atoms with Crippen LogP contribution in [-0.2, 0) is 6.54 Å². The number of aromatic nitrogens is 3. The van der Waals surface area contributed by atoms with E-state index >= 15 is 0 Å². The van der Waals surface area contributed by atoms with Crippen molar-refractivity contribution in [2.75, 3.05) is 0 Å². The molecule has 0 bridgehead atoms. The smallest absolute Gasteiger partial charge is 0.387 e. The van der Waals surface area contributed by atoms with Gasteiger partial charge in [0.05, 0.1) is 11.8 Å². The largest absolute Gasteiger partial charge is 0.435 e. The Kier molecular flexibility index (Phi) is 4.13. The van der Waals surface area contributed by atoms with Gasteiger partial charge in [0.25, 0.3) is 5.91 Å². The number of benzene rings is 1. The molecule has 0 unspecified atom stereocenters. The number of nitrogens with zero attached hydrogens (tertiary/aromatic N) is 3. The number of amides is 1. The van der Waals surface area contributed by atoms with Crippen LogP contribution in [0.5, 0.6) is 5.75 Å². The second kappa shape index (κ2) is 6.39. The molecule has 1 amide bonds. The molecule has 0 fully saturated rings. The number of carbonyl (C=O) groups excluding carboxylic acids is 1. The number of rotatable bonds is 5. The molecule has 0 aliphatic heterocycles. The molecular weight excluding hydrogens is 306 g/mol. The monoisotopic (exact) mass is 318 g/mol. The maximum atomic E-state index is 12.2. The van der Waals surface area contributed by atoms with E-state index in [4.69, 9.17) is 0 Å². The molecule has 0 radical (unpaired) electrons. The van der Waals surface area contributed by atoms with E-state index < -0.39 is 6.61 Å². The van der Waals surface area contributed by atoms with Gasteiger partial charge in [-0.25, -0.2) is 0 Å². The standard InChI is InChI=1S/C15H12F2N4O2/c16-15(17)23-11-4-1-3-10(7-11)8-18-14(22)12-9-20-21-13(12)5-2-6-19-21/h1-7,9,15H,8H2,(H,18,22). The normalized spacial score (nSPS) is 10.9. The molecule has 2 heterocycles. The summed E-state index contributed by atoms with van der Waals surface area (Å²) in [5.74, 6) is -0.278. The molecule has 1 N–H and O–H groups in total. The van der Waals surface area contributed by atoms with Crippen LogP contribution in [0.25, 0.3) is 5.52 Å². The number of hydrogen-bond donors (Lipinski definition) is 1. The fraction of sp³-hybridized carbons (Fsp3) is 0.133. The van der Waals surface area contributed by atoms with E-state index in [2.05, 4.69) is 20.3 Å². The van der Waals surface area contributed by atoms with Gasteiger partial charge in [-0.1, -0.05) is 12.1 Å². The van der Waals surface area contributed by atoms with E-state index in [0.717, 1.165) is 0 Å². The Morgan fingerprint density at radius 2 is 2.13 bits per heavy atom. The molecule has 6 nitrogen and oxygen atoms in total. The highest BCUT2D eigenvalue weighted by Gasteiger charge is 2.12. The molecular formula is C15H12F2N4O2. The number of ether oxygens (including phenoxy) is 1. The van der Waals surface area contributed by atoms with Crippen LogP contribution in [0.1, 0.15) is 15.9 Å². The first-order chi connectivity index (χ1) is 11.1. The van der Waals surface area contributed by atoms with Crippen LogP contribution in [0.15, 0.2) is 48.8 Å². The molecule has 0 saturated heterocycles. The minimum atomic E-state index is -2.88. The van der Waals surface area contributed by atoms with Crippen LogP contribution in [0.4, 0.5) is 8.78 Å². The Labute approximate surface area is 129 Å². The molecule has 0 saturated carbocycles. The second-order valence-corrected chi connectivity index (χ2v) is 4.67. The summed E-state index contributed by atoms with van der Waals surface area (Å²) in [6.07, 6.45) is 2.99. The Bertz CT molecular complexity index is 835. The summed E-state index contributed by atoms with van der Waals surface area (Å²) in [5.41, 5.74) is 1.61. The van der Waals surface area contributed by atoms with Crippen LogP contribution in [0, 0.1) is 0 Å². The Morgan fingerprint density at radius 3 is 2.96 bits per heavy atom. The number of fused-ring (bicyclic) bond motifs is 1. The Balaban J connectivity index is 1.69. The fourth-order valence-electron chi connectivity index (χ4n) is 2.12. The van der Waals surface area contributed by atoms with Crippen molar-refractivity contribution in [3.05, 3.63) is 59.9 Å². The molecule has 118 valence electrons. The number of alkyl halides is 2. The first-order valence-corrected chi connectivity index (χ1v) is 6.74. The summed E-state index contributed by atoms with van der Waals surface area (Å²) in [7, 11) is 0. The lowest BCUT2D eigenvalue weighted by atomic mass is 10.2. The average Bonchev–Trinajstić information content (AvgIpc) is 2.96. The van der Waals surface area contributed by atoms with Crippen LogP contribution >= 0.6 is 0 Å². The van der Waals surface area contributed by atoms with Gasteiger partial charge in [0.1, 0.15) is 11.3 Å². The minimum absolute atomic E-state index is 0.0481. The molecule has 0 aliphatic rings. The van der Waals surface area contributed by atoms with Crippen molar-refractivity contribution >= 4 is 11.4 Å². The average molecular weight is 318 g/mol. The minimum Gasteiger partial charge on any atom is -0.435 e. The fourth-order valence-corrected chi connectivity index (χ4v) is 2.12. The first-order valence-electron chi connectivity index (χ1n) is 6.74. The van der Waals surface area contributed by atoms with E-state index in [1.165, 1.54) is 23.0 Å². The van der Waals surface area contributed by atoms with Gasteiger partial charge in [-0.3, -0.25) is 4.79 Å². The molecule has 23 heavy (non-hydrogen) atoms. The van der Waals surface area contributed by atoms with Crippen molar-refractivity contribution in [3.8, 4) is 5.75 Å². The highest BCUT2D eigenvalue weighted by Crippen LogP contribution is 2.16. The maximum absolute atomic E-state index is 12.2. The predicted octanol–water partition coefficient (Wildman–Crippen LogP) is 2.26. The zero-order valence-corrected chi connectivity index (χ0v) is 11.8. The molecule has 1 aromatic carbocycles. The second-order valence-electron chi connectivity index (χ2n) is 4.67. The SMILES string of the molecule is O=C(NCc1cccc(OC(F)F)c1)c1cnn2ncccc12. The van der Waals surface area contributed by atoms with Gasteiger partial charge in [-0.15, -0.1) is 0 Å². The Hall–Kier alpha value is -3.03. The van der Waals surface area contributed by atoms with Crippen molar-refractivity contribution in [3.63, 3.8) is 0 Å². The Morgan fingerprint density at radius 1 is 1.26 bits per heavy atom. The molecule has 0 spiro atoms. The van der Waals surface area contributed by atoms with Crippen molar-refractivity contribution in [2.45, 2.75) is 13.2 Å². The highest BCUT2D eigenvalue weighted by atomic mass is 19.3. The topological polar surface area (TPSA) is 68.5 Å². The predicted molar refractivity (Wildman–Crippen MR) is 77.2 cm³/mol. The van der Waals surface area contributed by atoms with Gasteiger partial charge in [0, 0.05) is 12.7 Å². The van der Waals surface area contributed by atoms with Crippen LogP contribution in [0.2, 0.25) is 0 Å². The summed E-state index contributed by atoms with van der Waals surface area (Å²) in [5, 5.41) is 10.7. The van der Waals surface area contributed by atoms with Gasteiger partial charge in [-0.05, 0) is 29.8 Å². The first kappa shape index (κ1) is 14.9.